The van der Waals surface area contributed by atoms with Gasteiger partial charge in [0.1, 0.15) is 6.04 Å². The molecule has 0 fully saturated rings. The first-order valence-electron chi connectivity index (χ1n) is 3.10. The molecule has 0 aliphatic carbocycles. The fourth-order valence-corrected chi connectivity index (χ4v) is 0.525. The molecule has 5 nitrogen and oxygen atoms in total. The molecule has 1 N–H and O–H groups in total. The lowest BCUT2D eigenvalue weighted by Crippen LogP contribution is -2.15. The van der Waals surface area contributed by atoms with E-state index in [0.717, 1.165) is 0 Å². The Morgan fingerprint density at radius 2 is 2.55 bits per heavy atom. The Morgan fingerprint density at radius 3 is 2.91 bits per heavy atom. The zero-order valence-electron chi connectivity index (χ0n) is 6.14. The van der Waals surface area contributed by atoms with E-state index in [9.17, 15) is 4.79 Å². The second kappa shape index (κ2) is 5.32. The average Bonchev–Trinajstić information content (AvgIpc) is 1.97. The third kappa shape index (κ3) is 4.00. The molecule has 0 spiro atoms. The van der Waals surface area contributed by atoms with Crippen molar-refractivity contribution in [2.24, 2.45) is 5.11 Å². The lowest BCUT2D eigenvalue weighted by atomic mass is 10.2. The number of aliphatic carboxylic acids is 1. The van der Waals surface area contributed by atoms with E-state index in [1.165, 1.54) is 0 Å². The second-order valence-electron chi connectivity index (χ2n) is 1.86. The van der Waals surface area contributed by atoms with Gasteiger partial charge in [-0.1, -0.05) is 17.3 Å². The molecule has 0 amide bonds. The molecule has 0 unspecified atom stereocenters. The molecule has 1 atom stereocenters. The van der Waals surface area contributed by atoms with Crippen LogP contribution >= 0.6 is 0 Å². The molecule has 0 aromatic carbocycles. The van der Waals surface area contributed by atoms with Crippen LogP contribution in [0.3, 0.4) is 0 Å². The molecule has 0 aromatic heterocycles. The van der Waals surface area contributed by atoms with E-state index < -0.39 is 12.0 Å². The van der Waals surface area contributed by atoms with Crippen molar-refractivity contribution in [1.82, 2.24) is 0 Å². The first kappa shape index (κ1) is 9.52. The Hall–Kier alpha value is -1.48. The number of carbonyl (C=O) groups is 1. The first-order valence-corrected chi connectivity index (χ1v) is 3.10. The summed E-state index contributed by atoms with van der Waals surface area (Å²) in [6, 6.07) is -0.976. The summed E-state index contributed by atoms with van der Waals surface area (Å²) in [5, 5.41) is 11.5. The van der Waals surface area contributed by atoms with Gasteiger partial charge in [0.2, 0.25) is 0 Å². The summed E-state index contributed by atoms with van der Waals surface area (Å²) < 4.78 is 0. The van der Waals surface area contributed by atoms with Crippen LogP contribution < -0.4 is 0 Å². The SMILES string of the molecule is C/C=C/C[C@H](N=[N+]=[N-])C(=O)O. The lowest BCUT2D eigenvalue weighted by Gasteiger charge is -1.98. The Kier molecular flexibility index (Phi) is 4.60. The summed E-state index contributed by atoms with van der Waals surface area (Å²) in [7, 11) is 0. The highest BCUT2D eigenvalue weighted by atomic mass is 16.4. The standard InChI is InChI=1S/C6H9N3O2/c1-2-3-4-5(6(10)11)8-9-7/h2-3,5H,4H2,1H3,(H,10,11)/b3-2+/t5-/m0/s1. The number of nitrogens with zero attached hydrogens (tertiary/aromatic N) is 3. The van der Waals surface area contributed by atoms with E-state index in [0.29, 0.717) is 0 Å². The summed E-state index contributed by atoms with van der Waals surface area (Å²) in [6.07, 6.45) is 3.60. The van der Waals surface area contributed by atoms with Gasteiger partial charge in [0.15, 0.2) is 0 Å². The van der Waals surface area contributed by atoms with Crippen LogP contribution in [0.5, 0.6) is 0 Å². The third-order valence-electron chi connectivity index (χ3n) is 1.07. The lowest BCUT2D eigenvalue weighted by molar-refractivity contribution is -0.138. The van der Waals surface area contributed by atoms with E-state index in [1.807, 2.05) is 0 Å². The molecule has 60 valence electrons. The third-order valence-corrected chi connectivity index (χ3v) is 1.07. The maximum absolute atomic E-state index is 10.3. The van der Waals surface area contributed by atoms with Gasteiger partial charge in [-0.15, -0.1) is 0 Å². The van der Waals surface area contributed by atoms with Crippen LogP contribution in [0.1, 0.15) is 13.3 Å². The maximum atomic E-state index is 10.3. The highest BCUT2D eigenvalue weighted by molar-refractivity contribution is 5.73. The molecule has 0 heterocycles. The molecule has 5 heteroatoms. The molecule has 0 radical (unpaired) electrons. The minimum absolute atomic E-state index is 0.246. The molecule has 0 saturated heterocycles. The Morgan fingerprint density at radius 1 is 1.91 bits per heavy atom. The number of carboxylic acid groups (broad SMARTS) is 1. The van der Waals surface area contributed by atoms with E-state index >= 15 is 0 Å². The van der Waals surface area contributed by atoms with Crippen molar-refractivity contribution in [2.45, 2.75) is 19.4 Å². The predicted octanol–water partition coefficient (Wildman–Crippen LogP) is 1.72. The molecule has 0 rings (SSSR count). The molecule has 0 saturated carbocycles. The van der Waals surface area contributed by atoms with Gasteiger partial charge in [-0.25, -0.2) is 0 Å². The van der Waals surface area contributed by atoms with Crippen molar-refractivity contribution >= 4 is 5.97 Å². The highest BCUT2D eigenvalue weighted by Gasteiger charge is 2.12. The first-order chi connectivity index (χ1) is 5.22. The second-order valence-corrected chi connectivity index (χ2v) is 1.86. The van der Waals surface area contributed by atoms with Crippen LogP contribution in [0, 0.1) is 0 Å². The number of rotatable bonds is 4. The predicted molar refractivity (Wildman–Crippen MR) is 40.0 cm³/mol. The molecule has 0 aliphatic heterocycles. The van der Waals surface area contributed by atoms with E-state index in [2.05, 4.69) is 10.0 Å². The van der Waals surface area contributed by atoms with E-state index in [-0.39, 0.29) is 6.42 Å². The van der Waals surface area contributed by atoms with E-state index in [4.69, 9.17) is 10.6 Å². The fraction of sp³-hybridized carbons (Fsp3) is 0.500. The van der Waals surface area contributed by atoms with Crippen LogP contribution in [0.25, 0.3) is 10.4 Å². The quantitative estimate of drug-likeness (QED) is 0.290. The Balaban J connectivity index is 4.10. The van der Waals surface area contributed by atoms with Gasteiger partial charge < -0.3 is 5.11 Å². The largest absolute Gasteiger partial charge is 0.481 e. The van der Waals surface area contributed by atoms with Crippen LogP contribution in [0.4, 0.5) is 0 Å². The number of azide groups is 1. The zero-order chi connectivity index (χ0) is 8.69. The molecule has 11 heavy (non-hydrogen) atoms. The minimum atomic E-state index is -1.10. The smallest absolute Gasteiger partial charge is 0.312 e. The van der Waals surface area contributed by atoms with Crippen molar-refractivity contribution in [3.63, 3.8) is 0 Å². The van der Waals surface area contributed by atoms with Gasteiger partial charge in [-0.2, -0.15) is 0 Å². The minimum Gasteiger partial charge on any atom is -0.481 e. The normalized spacial score (nSPS) is 12.5. The number of hydrogen-bond acceptors (Lipinski definition) is 2. The summed E-state index contributed by atoms with van der Waals surface area (Å²) in [4.78, 5) is 12.7. The maximum Gasteiger partial charge on any atom is 0.312 e. The van der Waals surface area contributed by atoms with Crippen LogP contribution in [0.15, 0.2) is 17.3 Å². The van der Waals surface area contributed by atoms with Crippen LogP contribution in [-0.4, -0.2) is 17.1 Å². The number of carboxylic acids is 1. The molecular formula is C6H9N3O2. The van der Waals surface area contributed by atoms with Gasteiger partial charge in [-0.3, -0.25) is 4.79 Å². The number of hydrogen-bond donors (Lipinski definition) is 1. The fourth-order valence-electron chi connectivity index (χ4n) is 0.525. The van der Waals surface area contributed by atoms with Crippen LogP contribution in [-0.2, 0) is 4.79 Å². The summed E-state index contributed by atoms with van der Waals surface area (Å²) >= 11 is 0. The van der Waals surface area contributed by atoms with Gasteiger partial charge in [0, 0.05) is 4.91 Å². The molecule has 0 bridgehead atoms. The average molecular weight is 155 g/mol. The Labute approximate surface area is 64.0 Å². The Bertz CT molecular complexity index is 204. The number of allylic oxidation sites excluding steroid dienone is 1. The molecule has 0 aromatic rings. The molecule has 0 aliphatic rings. The van der Waals surface area contributed by atoms with Crippen molar-refractivity contribution in [1.29, 1.82) is 0 Å². The van der Waals surface area contributed by atoms with Gasteiger partial charge >= 0.3 is 5.97 Å². The van der Waals surface area contributed by atoms with E-state index in [1.54, 1.807) is 19.1 Å². The highest BCUT2D eigenvalue weighted by Crippen LogP contribution is 1.99. The summed E-state index contributed by atoms with van der Waals surface area (Å²) in [6.45, 7) is 1.77. The van der Waals surface area contributed by atoms with Gasteiger partial charge in [0.05, 0.1) is 0 Å². The molecular weight excluding hydrogens is 146 g/mol. The van der Waals surface area contributed by atoms with Crippen molar-refractivity contribution in [3.8, 4) is 0 Å². The topological polar surface area (TPSA) is 86.1 Å². The summed E-state index contributed by atoms with van der Waals surface area (Å²) in [5.41, 5.74) is 7.96. The van der Waals surface area contributed by atoms with Crippen LogP contribution in [0.2, 0.25) is 0 Å². The van der Waals surface area contributed by atoms with Crippen molar-refractivity contribution in [3.05, 3.63) is 22.6 Å². The zero-order valence-corrected chi connectivity index (χ0v) is 6.14. The summed E-state index contributed by atoms with van der Waals surface area (Å²) in [5.74, 6) is -1.10. The van der Waals surface area contributed by atoms with Gasteiger partial charge in [-0.05, 0) is 18.9 Å². The van der Waals surface area contributed by atoms with Gasteiger partial charge in [0.25, 0.3) is 0 Å². The van der Waals surface area contributed by atoms with Crippen molar-refractivity contribution in [2.75, 3.05) is 0 Å². The monoisotopic (exact) mass is 155 g/mol. The van der Waals surface area contributed by atoms with Crippen molar-refractivity contribution < 1.29 is 9.90 Å².